The highest BCUT2D eigenvalue weighted by Gasteiger charge is 2.23. The van der Waals surface area contributed by atoms with Crippen molar-refractivity contribution in [3.8, 4) is 0 Å². The van der Waals surface area contributed by atoms with Gasteiger partial charge in [0.2, 0.25) is 0 Å². The molecule has 1 unspecified atom stereocenters. The Hall–Kier alpha value is -1.12. The number of hydrogen-bond donors (Lipinski definition) is 1. The molecule has 3 rings (SSSR count). The van der Waals surface area contributed by atoms with E-state index in [2.05, 4.69) is 76.7 Å². The minimum atomic E-state index is 0.390. The van der Waals surface area contributed by atoms with Crippen LogP contribution in [0.15, 0.2) is 53.0 Å². The summed E-state index contributed by atoms with van der Waals surface area (Å²) < 4.78 is 1.18. The van der Waals surface area contributed by atoms with Crippen molar-refractivity contribution in [1.82, 2.24) is 5.32 Å². The van der Waals surface area contributed by atoms with Crippen molar-refractivity contribution < 1.29 is 0 Å². The Bertz CT molecular complexity index is 565. The molecule has 0 fully saturated rings. The van der Waals surface area contributed by atoms with E-state index in [0.717, 1.165) is 0 Å². The number of benzene rings is 2. The van der Waals surface area contributed by atoms with Crippen LogP contribution < -0.4 is 5.32 Å². The largest absolute Gasteiger partial charge is 0.303 e. The van der Waals surface area contributed by atoms with E-state index in [4.69, 9.17) is 0 Å². The van der Waals surface area contributed by atoms with Gasteiger partial charge in [-0.3, -0.25) is 0 Å². The van der Waals surface area contributed by atoms with Crippen molar-refractivity contribution in [3.05, 3.63) is 69.7 Å². The monoisotopic (exact) mass is 315 g/mol. The van der Waals surface area contributed by atoms with Crippen molar-refractivity contribution in [2.24, 2.45) is 0 Å². The van der Waals surface area contributed by atoms with Crippen LogP contribution in [0, 0.1) is 0 Å². The summed E-state index contributed by atoms with van der Waals surface area (Å²) >= 11 is 3.55. The molecule has 0 aliphatic heterocycles. The minimum absolute atomic E-state index is 0.390. The number of fused-ring (bicyclic) bond motifs is 1. The number of halogens is 1. The second-order valence-corrected chi connectivity index (χ2v) is 6.15. The van der Waals surface area contributed by atoms with Gasteiger partial charge in [0.25, 0.3) is 0 Å². The van der Waals surface area contributed by atoms with Gasteiger partial charge in [0, 0.05) is 16.6 Å². The van der Waals surface area contributed by atoms with Gasteiger partial charge in [0.05, 0.1) is 0 Å². The molecule has 0 spiro atoms. The molecule has 0 amide bonds. The van der Waals surface area contributed by atoms with Crippen LogP contribution in [0.3, 0.4) is 0 Å². The smallest absolute Gasteiger partial charge is 0.0331 e. The molecule has 1 nitrogen and oxygen atoms in total. The van der Waals surface area contributed by atoms with Crippen LogP contribution in [0.25, 0.3) is 0 Å². The summed E-state index contributed by atoms with van der Waals surface area (Å²) in [4.78, 5) is 0. The van der Waals surface area contributed by atoms with E-state index in [1.807, 2.05) is 0 Å². The van der Waals surface area contributed by atoms with Gasteiger partial charge in [0.1, 0.15) is 0 Å². The predicted octanol–water partition coefficient (Wildman–Crippen LogP) is 4.79. The third kappa shape index (κ3) is 2.75. The van der Waals surface area contributed by atoms with Crippen LogP contribution in [-0.4, -0.2) is 0 Å². The summed E-state index contributed by atoms with van der Waals surface area (Å²) in [5.74, 6) is 0. The number of nitrogens with one attached hydrogen (secondary N) is 1. The average Bonchev–Trinajstić information content (AvgIpc) is 2.82. The summed E-state index contributed by atoms with van der Waals surface area (Å²) in [6, 6.07) is 18.2. The van der Waals surface area contributed by atoms with Gasteiger partial charge in [-0.15, -0.1) is 0 Å². The highest BCUT2D eigenvalue weighted by atomic mass is 79.9. The van der Waals surface area contributed by atoms with Crippen molar-refractivity contribution in [2.75, 3.05) is 0 Å². The lowest BCUT2D eigenvalue weighted by atomic mass is 10.0. The molecule has 19 heavy (non-hydrogen) atoms. The molecule has 0 aromatic heterocycles. The molecular weight excluding hydrogens is 298 g/mol. The maximum Gasteiger partial charge on any atom is 0.0331 e. The van der Waals surface area contributed by atoms with Gasteiger partial charge >= 0.3 is 0 Å². The van der Waals surface area contributed by atoms with Gasteiger partial charge in [-0.2, -0.15) is 0 Å². The molecule has 2 aromatic carbocycles. The zero-order valence-electron chi connectivity index (χ0n) is 11.1. The van der Waals surface area contributed by atoms with E-state index in [1.165, 1.54) is 34.0 Å². The van der Waals surface area contributed by atoms with Crippen molar-refractivity contribution in [3.63, 3.8) is 0 Å². The third-order valence-corrected chi connectivity index (χ3v) is 4.43. The highest BCUT2D eigenvalue weighted by molar-refractivity contribution is 9.10. The Labute approximate surface area is 123 Å². The Balaban J connectivity index is 1.76. The fraction of sp³-hybridized carbons (Fsp3) is 0.294. The Kier molecular flexibility index (Phi) is 3.72. The molecule has 1 aliphatic rings. The molecule has 0 heterocycles. The van der Waals surface area contributed by atoms with Gasteiger partial charge in [0.15, 0.2) is 0 Å². The molecule has 2 heteroatoms. The SMILES string of the molecule is C[C@H](NC1CCc2cc(Br)ccc21)c1ccccc1. The number of aryl methyl sites for hydroxylation is 1. The topological polar surface area (TPSA) is 12.0 Å². The minimum Gasteiger partial charge on any atom is -0.303 e. The first-order valence-corrected chi connectivity index (χ1v) is 7.62. The van der Waals surface area contributed by atoms with Crippen LogP contribution in [0.1, 0.15) is 42.1 Å². The second kappa shape index (κ2) is 5.48. The maximum atomic E-state index is 3.76. The highest BCUT2D eigenvalue weighted by Crippen LogP contribution is 2.34. The van der Waals surface area contributed by atoms with Crippen LogP contribution in [0.4, 0.5) is 0 Å². The molecular formula is C17H18BrN. The molecule has 2 aromatic rings. The maximum absolute atomic E-state index is 3.76. The van der Waals surface area contributed by atoms with Gasteiger partial charge in [-0.25, -0.2) is 0 Å². The fourth-order valence-corrected chi connectivity index (χ4v) is 3.31. The first-order valence-electron chi connectivity index (χ1n) is 6.83. The number of rotatable bonds is 3. The Morgan fingerprint density at radius 1 is 1.16 bits per heavy atom. The molecule has 98 valence electrons. The molecule has 1 aliphatic carbocycles. The van der Waals surface area contributed by atoms with Crippen molar-refractivity contribution >= 4 is 15.9 Å². The lowest BCUT2D eigenvalue weighted by Gasteiger charge is -2.20. The summed E-state index contributed by atoms with van der Waals surface area (Å²) in [5, 5.41) is 3.76. The first-order chi connectivity index (χ1) is 9.24. The van der Waals surface area contributed by atoms with Crippen molar-refractivity contribution in [1.29, 1.82) is 0 Å². The fourth-order valence-electron chi connectivity index (χ4n) is 2.90. The quantitative estimate of drug-likeness (QED) is 0.859. The molecule has 0 bridgehead atoms. The Morgan fingerprint density at radius 2 is 1.95 bits per heavy atom. The van der Waals surface area contributed by atoms with Crippen LogP contribution in [0.2, 0.25) is 0 Å². The zero-order valence-corrected chi connectivity index (χ0v) is 12.7. The number of hydrogen-bond acceptors (Lipinski definition) is 1. The Morgan fingerprint density at radius 3 is 2.74 bits per heavy atom. The summed E-state index contributed by atoms with van der Waals surface area (Å²) in [6.45, 7) is 2.24. The summed E-state index contributed by atoms with van der Waals surface area (Å²) in [6.07, 6.45) is 2.37. The van der Waals surface area contributed by atoms with E-state index in [-0.39, 0.29) is 0 Å². The van der Waals surface area contributed by atoms with Gasteiger partial charge in [-0.1, -0.05) is 52.3 Å². The lowest BCUT2D eigenvalue weighted by molar-refractivity contribution is 0.465. The lowest BCUT2D eigenvalue weighted by Crippen LogP contribution is -2.22. The standard InChI is InChI=1S/C17H18BrN/c1-12(13-5-3-2-4-6-13)19-17-10-7-14-11-15(18)8-9-16(14)17/h2-6,8-9,11-12,17,19H,7,10H2,1H3/t12-,17?/m0/s1. The molecule has 0 saturated carbocycles. The summed E-state index contributed by atoms with van der Waals surface area (Å²) in [7, 11) is 0. The molecule has 0 saturated heterocycles. The van der Waals surface area contributed by atoms with Gasteiger partial charge < -0.3 is 5.32 Å². The van der Waals surface area contributed by atoms with E-state index in [0.29, 0.717) is 12.1 Å². The van der Waals surface area contributed by atoms with Crippen LogP contribution >= 0.6 is 15.9 Å². The van der Waals surface area contributed by atoms with E-state index < -0.39 is 0 Å². The van der Waals surface area contributed by atoms with E-state index in [1.54, 1.807) is 0 Å². The molecule has 2 atom stereocenters. The summed E-state index contributed by atoms with van der Waals surface area (Å²) in [5.41, 5.74) is 4.30. The van der Waals surface area contributed by atoms with E-state index in [9.17, 15) is 0 Å². The predicted molar refractivity (Wildman–Crippen MR) is 83.2 cm³/mol. The third-order valence-electron chi connectivity index (χ3n) is 3.93. The van der Waals surface area contributed by atoms with E-state index >= 15 is 0 Å². The van der Waals surface area contributed by atoms with Crippen LogP contribution in [-0.2, 0) is 6.42 Å². The molecule has 1 N–H and O–H groups in total. The molecule has 0 radical (unpaired) electrons. The normalized spacial score (nSPS) is 19.2. The van der Waals surface area contributed by atoms with Gasteiger partial charge in [-0.05, 0) is 48.6 Å². The van der Waals surface area contributed by atoms with Crippen molar-refractivity contribution in [2.45, 2.75) is 31.8 Å². The van der Waals surface area contributed by atoms with Crippen LogP contribution in [0.5, 0.6) is 0 Å². The first kappa shape index (κ1) is 12.9. The zero-order chi connectivity index (χ0) is 13.2. The average molecular weight is 316 g/mol. The second-order valence-electron chi connectivity index (χ2n) is 5.23.